The first-order valence-corrected chi connectivity index (χ1v) is 4.11. The summed E-state index contributed by atoms with van der Waals surface area (Å²) in [6.45, 7) is 2.72. The highest BCUT2D eigenvalue weighted by molar-refractivity contribution is 5.81. The molecule has 1 saturated heterocycles. The molecule has 1 aliphatic heterocycles. The van der Waals surface area contributed by atoms with Gasteiger partial charge in [-0.1, -0.05) is 0 Å². The molecule has 1 heterocycles. The van der Waals surface area contributed by atoms with Crippen LogP contribution in [0.3, 0.4) is 0 Å². The maximum atomic E-state index is 11.3. The number of nitrogens with zero attached hydrogens (tertiary/aromatic N) is 1. The lowest BCUT2D eigenvalue weighted by atomic mass is 10.2. The quantitative estimate of drug-likeness (QED) is 0.440. The number of carbonyl (C=O) groups excluding carboxylic acids is 1. The lowest BCUT2D eigenvalue weighted by Crippen LogP contribution is -2.52. The molecule has 70 valence electrons. The summed E-state index contributed by atoms with van der Waals surface area (Å²) in [5, 5.41) is 11.8. The smallest absolute Gasteiger partial charge is 0.241 e. The van der Waals surface area contributed by atoms with Gasteiger partial charge in [0.05, 0.1) is 6.61 Å². The van der Waals surface area contributed by atoms with Crippen LogP contribution in [-0.2, 0) is 4.79 Å². The van der Waals surface area contributed by atoms with E-state index in [9.17, 15) is 4.79 Å². The van der Waals surface area contributed by atoms with Gasteiger partial charge in [0, 0.05) is 26.2 Å². The minimum Gasteiger partial charge on any atom is -0.394 e. The zero-order valence-electron chi connectivity index (χ0n) is 6.99. The molecule has 0 saturated carbocycles. The van der Waals surface area contributed by atoms with Crippen LogP contribution in [0.1, 0.15) is 0 Å². The average Bonchev–Trinajstić information content (AvgIpc) is 2.17. The minimum absolute atomic E-state index is 0.154. The van der Waals surface area contributed by atoms with Crippen LogP contribution in [0.4, 0.5) is 0 Å². The van der Waals surface area contributed by atoms with E-state index in [1.807, 2.05) is 0 Å². The second kappa shape index (κ2) is 4.39. The zero-order valence-corrected chi connectivity index (χ0v) is 6.99. The Kier molecular flexibility index (Phi) is 3.46. The maximum absolute atomic E-state index is 11.3. The van der Waals surface area contributed by atoms with Gasteiger partial charge in [-0.15, -0.1) is 0 Å². The SMILES string of the molecule is NC(CO)C(=O)N1CCNCC1. The highest BCUT2D eigenvalue weighted by Crippen LogP contribution is 1.95. The number of amides is 1. The Morgan fingerprint density at radius 3 is 2.67 bits per heavy atom. The van der Waals surface area contributed by atoms with Crippen LogP contribution in [0.15, 0.2) is 0 Å². The second-order valence-corrected chi connectivity index (χ2v) is 2.86. The normalized spacial score (nSPS) is 20.7. The molecule has 0 aromatic heterocycles. The van der Waals surface area contributed by atoms with Crippen LogP contribution >= 0.6 is 0 Å². The fourth-order valence-corrected chi connectivity index (χ4v) is 1.20. The summed E-state index contributed by atoms with van der Waals surface area (Å²) >= 11 is 0. The minimum atomic E-state index is -0.747. The van der Waals surface area contributed by atoms with Crippen LogP contribution in [0.25, 0.3) is 0 Å². The topological polar surface area (TPSA) is 78.6 Å². The van der Waals surface area contributed by atoms with Crippen LogP contribution < -0.4 is 11.1 Å². The summed E-state index contributed by atoms with van der Waals surface area (Å²) in [6.07, 6.45) is 0. The molecule has 0 spiro atoms. The maximum Gasteiger partial charge on any atom is 0.241 e. The molecule has 1 atom stereocenters. The predicted octanol–water partition coefficient (Wildman–Crippen LogP) is -2.26. The van der Waals surface area contributed by atoms with Crippen molar-refractivity contribution in [2.75, 3.05) is 32.8 Å². The molecule has 0 aliphatic carbocycles. The van der Waals surface area contributed by atoms with Crippen LogP contribution in [0.2, 0.25) is 0 Å². The van der Waals surface area contributed by atoms with Gasteiger partial charge in [-0.25, -0.2) is 0 Å². The molecule has 1 fully saturated rings. The van der Waals surface area contributed by atoms with Crippen molar-refractivity contribution >= 4 is 5.91 Å². The summed E-state index contributed by atoms with van der Waals surface area (Å²) in [6, 6.07) is -0.747. The van der Waals surface area contributed by atoms with Gasteiger partial charge in [-0.3, -0.25) is 4.79 Å². The number of hydrogen-bond donors (Lipinski definition) is 3. The van der Waals surface area contributed by atoms with Gasteiger partial charge >= 0.3 is 0 Å². The number of nitrogens with one attached hydrogen (secondary N) is 1. The Morgan fingerprint density at radius 2 is 2.17 bits per heavy atom. The largest absolute Gasteiger partial charge is 0.394 e. The number of aliphatic hydroxyl groups excluding tert-OH is 1. The molecule has 1 aliphatic rings. The van der Waals surface area contributed by atoms with Gasteiger partial charge in [-0.2, -0.15) is 0 Å². The number of aliphatic hydroxyl groups is 1. The van der Waals surface area contributed by atoms with E-state index in [4.69, 9.17) is 10.8 Å². The third-order valence-electron chi connectivity index (χ3n) is 1.94. The molecular formula is C7H15N3O2. The Balaban J connectivity index is 2.39. The van der Waals surface area contributed by atoms with Gasteiger partial charge in [0.15, 0.2) is 0 Å². The van der Waals surface area contributed by atoms with E-state index in [2.05, 4.69) is 5.32 Å². The van der Waals surface area contributed by atoms with E-state index in [1.165, 1.54) is 0 Å². The van der Waals surface area contributed by atoms with Gasteiger partial charge in [-0.05, 0) is 0 Å². The summed E-state index contributed by atoms with van der Waals surface area (Å²) in [5.74, 6) is -0.154. The number of piperazine rings is 1. The fourth-order valence-electron chi connectivity index (χ4n) is 1.20. The first kappa shape index (κ1) is 9.44. The third-order valence-corrected chi connectivity index (χ3v) is 1.94. The molecule has 5 heteroatoms. The molecule has 0 bridgehead atoms. The Morgan fingerprint density at radius 1 is 1.58 bits per heavy atom. The Hall–Kier alpha value is -0.650. The molecule has 4 N–H and O–H groups in total. The molecule has 0 radical (unpaired) electrons. The van der Waals surface area contributed by atoms with E-state index >= 15 is 0 Å². The molecule has 5 nitrogen and oxygen atoms in total. The van der Waals surface area contributed by atoms with Crippen molar-refractivity contribution in [1.29, 1.82) is 0 Å². The molecule has 0 aromatic rings. The molecule has 1 amide bonds. The predicted molar refractivity (Wildman–Crippen MR) is 44.5 cm³/mol. The number of hydrogen-bond acceptors (Lipinski definition) is 4. The molecule has 1 unspecified atom stereocenters. The molecule has 1 rings (SSSR count). The summed E-state index contributed by atoms with van der Waals surface area (Å²) in [4.78, 5) is 13.0. The van der Waals surface area contributed by atoms with Gasteiger partial charge in [0.1, 0.15) is 6.04 Å². The number of carbonyl (C=O) groups is 1. The second-order valence-electron chi connectivity index (χ2n) is 2.86. The third kappa shape index (κ3) is 2.17. The van der Waals surface area contributed by atoms with E-state index < -0.39 is 6.04 Å². The van der Waals surface area contributed by atoms with Crippen molar-refractivity contribution in [2.45, 2.75) is 6.04 Å². The summed E-state index contributed by atoms with van der Waals surface area (Å²) < 4.78 is 0. The van der Waals surface area contributed by atoms with Crippen molar-refractivity contribution in [3.8, 4) is 0 Å². The van der Waals surface area contributed by atoms with E-state index in [1.54, 1.807) is 4.90 Å². The van der Waals surface area contributed by atoms with Crippen LogP contribution in [0.5, 0.6) is 0 Å². The van der Waals surface area contributed by atoms with E-state index in [-0.39, 0.29) is 12.5 Å². The van der Waals surface area contributed by atoms with Crippen molar-refractivity contribution in [3.05, 3.63) is 0 Å². The van der Waals surface area contributed by atoms with Crippen molar-refractivity contribution in [2.24, 2.45) is 5.73 Å². The van der Waals surface area contributed by atoms with Crippen molar-refractivity contribution < 1.29 is 9.90 Å². The molecular weight excluding hydrogens is 158 g/mol. The fraction of sp³-hybridized carbons (Fsp3) is 0.857. The van der Waals surface area contributed by atoms with Crippen LogP contribution in [-0.4, -0.2) is 54.7 Å². The van der Waals surface area contributed by atoms with Gasteiger partial charge < -0.3 is 21.1 Å². The Bertz CT molecular complexity index is 157. The van der Waals surface area contributed by atoms with E-state index in [0.29, 0.717) is 13.1 Å². The van der Waals surface area contributed by atoms with E-state index in [0.717, 1.165) is 13.1 Å². The van der Waals surface area contributed by atoms with Crippen molar-refractivity contribution in [3.63, 3.8) is 0 Å². The van der Waals surface area contributed by atoms with Crippen LogP contribution in [0, 0.1) is 0 Å². The van der Waals surface area contributed by atoms with Crippen molar-refractivity contribution in [1.82, 2.24) is 10.2 Å². The first-order valence-electron chi connectivity index (χ1n) is 4.11. The lowest BCUT2D eigenvalue weighted by Gasteiger charge is -2.29. The zero-order chi connectivity index (χ0) is 8.97. The average molecular weight is 173 g/mol. The van der Waals surface area contributed by atoms with Gasteiger partial charge in [0.2, 0.25) is 5.91 Å². The number of rotatable bonds is 2. The highest BCUT2D eigenvalue weighted by Gasteiger charge is 2.21. The molecule has 0 aromatic carbocycles. The first-order chi connectivity index (χ1) is 5.75. The monoisotopic (exact) mass is 173 g/mol. The highest BCUT2D eigenvalue weighted by atomic mass is 16.3. The van der Waals surface area contributed by atoms with Gasteiger partial charge in [0.25, 0.3) is 0 Å². The number of nitrogens with two attached hydrogens (primary N) is 1. The Labute approximate surface area is 71.5 Å². The summed E-state index contributed by atoms with van der Waals surface area (Å²) in [7, 11) is 0. The summed E-state index contributed by atoms with van der Waals surface area (Å²) in [5.41, 5.74) is 5.39. The molecule has 12 heavy (non-hydrogen) atoms. The lowest BCUT2D eigenvalue weighted by molar-refractivity contribution is -0.134. The standard InChI is InChI=1S/C7H15N3O2/c8-6(5-11)7(12)10-3-1-9-2-4-10/h6,9,11H,1-5,8H2.